The predicted molar refractivity (Wildman–Crippen MR) is 133 cm³/mol. The highest BCUT2D eigenvalue weighted by Crippen LogP contribution is 2.34. The Morgan fingerprint density at radius 2 is 1.89 bits per heavy atom. The third-order valence-corrected chi connectivity index (χ3v) is 5.11. The van der Waals surface area contributed by atoms with E-state index in [1.165, 1.54) is 26.4 Å². The molecule has 0 saturated carbocycles. The van der Waals surface area contributed by atoms with Gasteiger partial charge in [-0.25, -0.2) is 24.3 Å². The molecule has 5 N–H and O–H groups in total. The van der Waals surface area contributed by atoms with Gasteiger partial charge in [0.2, 0.25) is 11.9 Å². The van der Waals surface area contributed by atoms with Gasteiger partial charge in [-0.05, 0) is 36.4 Å². The molecule has 0 radical (unpaired) electrons. The molecule has 3 heterocycles. The van der Waals surface area contributed by atoms with Crippen molar-refractivity contribution < 1.29 is 18.7 Å². The van der Waals surface area contributed by atoms with Crippen LogP contribution in [0, 0.1) is 5.82 Å². The van der Waals surface area contributed by atoms with Crippen molar-refractivity contribution in [2.45, 2.75) is 0 Å². The number of nitrogens with two attached hydrogens (primary N) is 1. The Balaban J connectivity index is 1.66. The van der Waals surface area contributed by atoms with Crippen molar-refractivity contribution in [1.82, 2.24) is 30.2 Å². The molecular formula is C24H25FN8O3. The number of carbonyl (C=O) groups is 1. The van der Waals surface area contributed by atoms with Crippen LogP contribution in [0.15, 0.2) is 48.8 Å². The van der Waals surface area contributed by atoms with Crippen LogP contribution in [0.25, 0.3) is 34.0 Å². The average molecular weight is 493 g/mol. The van der Waals surface area contributed by atoms with Gasteiger partial charge in [-0.2, -0.15) is 0 Å². The topological polar surface area (TPSA) is 153 Å². The number of nitrogens with one attached hydrogen (secondary N) is 3. The normalized spacial score (nSPS) is 10.8. The number of benzene rings is 1. The van der Waals surface area contributed by atoms with Crippen molar-refractivity contribution in [3.63, 3.8) is 0 Å². The molecule has 0 aliphatic heterocycles. The van der Waals surface area contributed by atoms with Gasteiger partial charge in [0.1, 0.15) is 23.9 Å². The molecule has 4 rings (SSSR count). The second-order valence-electron chi connectivity index (χ2n) is 7.60. The number of anilines is 2. The third kappa shape index (κ3) is 5.73. The molecule has 3 aromatic heterocycles. The minimum absolute atomic E-state index is 0.00421. The van der Waals surface area contributed by atoms with Crippen molar-refractivity contribution in [3.8, 4) is 39.8 Å². The van der Waals surface area contributed by atoms with E-state index in [0.29, 0.717) is 58.8 Å². The van der Waals surface area contributed by atoms with Gasteiger partial charge in [0, 0.05) is 43.7 Å². The van der Waals surface area contributed by atoms with Crippen molar-refractivity contribution >= 4 is 17.7 Å². The highest BCUT2D eigenvalue weighted by molar-refractivity contribution is 5.81. The van der Waals surface area contributed by atoms with Gasteiger partial charge in [-0.3, -0.25) is 4.79 Å². The Morgan fingerprint density at radius 3 is 2.64 bits per heavy atom. The highest BCUT2D eigenvalue weighted by Gasteiger charge is 2.19. The monoisotopic (exact) mass is 492 g/mol. The molecule has 186 valence electrons. The van der Waals surface area contributed by atoms with Crippen LogP contribution in [0.1, 0.15) is 0 Å². The molecule has 0 aliphatic rings. The summed E-state index contributed by atoms with van der Waals surface area (Å²) in [7, 11) is 2.96. The lowest BCUT2D eigenvalue weighted by atomic mass is 10.1. The van der Waals surface area contributed by atoms with E-state index < -0.39 is 0 Å². The van der Waals surface area contributed by atoms with Gasteiger partial charge in [-0.1, -0.05) is 0 Å². The summed E-state index contributed by atoms with van der Waals surface area (Å²) in [5.74, 6) is 0.990. The number of H-pyrrole nitrogens is 1. The number of nitrogen functional groups attached to an aromatic ring is 1. The van der Waals surface area contributed by atoms with Gasteiger partial charge in [0.25, 0.3) is 0 Å². The van der Waals surface area contributed by atoms with Crippen LogP contribution in [-0.4, -0.2) is 64.7 Å². The quantitative estimate of drug-likeness (QED) is 0.245. The van der Waals surface area contributed by atoms with Crippen LogP contribution in [0.2, 0.25) is 0 Å². The maximum Gasteiger partial charge on any atom is 0.246 e. The second kappa shape index (κ2) is 11.2. The fourth-order valence-corrected chi connectivity index (χ4v) is 3.40. The zero-order valence-corrected chi connectivity index (χ0v) is 19.7. The number of amides is 1. The van der Waals surface area contributed by atoms with Gasteiger partial charge in [-0.15, -0.1) is 0 Å². The number of rotatable bonds is 10. The van der Waals surface area contributed by atoms with Crippen LogP contribution in [0.4, 0.5) is 16.2 Å². The average Bonchev–Trinajstić information content (AvgIpc) is 3.33. The summed E-state index contributed by atoms with van der Waals surface area (Å²) in [5.41, 5.74) is 8.94. The first-order valence-corrected chi connectivity index (χ1v) is 11.0. The van der Waals surface area contributed by atoms with Crippen molar-refractivity contribution in [1.29, 1.82) is 0 Å². The van der Waals surface area contributed by atoms with E-state index in [2.05, 4.69) is 30.6 Å². The van der Waals surface area contributed by atoms with Crippen LogP contribution in [-0.2, 0) is 9.53 Å². The van der Waals surface area contributed by atoms with E-state index in [-0.39, 0.29) is 24.1 Å². The summed E-state index contributed by atoms with van der Waals surface area (Å²) in [4.78, 5) is 32.6. The third-order valence-electron chi connectivity index (χ3n) is 5.11. The van der Waals surface area contributed by atoms with Crippen LogP contribution in [0.5, 0.6) is 5.75 Å². The van der Waals surface area contributed by atoms with E-state index in [1.54, 1.807) is 36.7 Å². The molecule has 0 bridgehead atoms. The maximum absolute atomic E-state index is 13.5. The van der Waals surface area contributed by atoms with Gasteiger partial charge in [0.15, 0.2) is 11.6 Å². The molecule has 0 fully saturated rings. The zero-order chi connectivity index (χ0) is 25.5. The lowest BCUT2D eigenvalue weighted by Gasteiger charge is -2.09. The van der Waals surface area contributed by atoms with Gasteiger partial charge in [0.05, 0.1) is 18.5 Å². The fourth-order valence-electron chi connectivity index (χ4n) is 3.40. The first-order chi connectivity index (χ1) is 17.5. The molecule has 0 spiro atoms. The molecule has 1 aromatic carbocycles. The molecular weight excluding hydrogens is 467 g/mol. The Morgan fingerprint density at radius 1 is 1.08 bits per heavy atom. The Hall–Kier alpha value is -4.58. The first kappa shape index (κ1) is 24.5. The Labute approximate surface area is 206 Å². The SMILES string of the molecule is COCC(=O)NCCNc1nccc(-c2[nH]c(-c3ccc(F)cc3)nc2-c2cnc(N)c(OC)c2)n1. The number of hydrogen-bond acceptors (Lipinski definition) is 9. The first-order valence-electron chi connectivity index (χ1n) is 11.0. The maximum atomic E-state index is 13.5. The summed E-state index contributed by atoms with van der Waals surface area (Å²) < 4.78 is 23.6. The number of aromatic nitrogens is 5. The van der Waals surface area contributed by atoms with Crippen LogP contribution < -0.4 is 21.1 Å². The minimum Gasteiger partial charge on any atom is -0.493 e. The molecule has 0 atom stereocenters. The molecule has 12 heteroatoms. The van der Waals surface area contributed by atoms with Crippen molar-refractivity contribution in [3.05, 3.63) is 54.6 Å². The number of carbonyl (C=O) groups excluding carboxylic acids is 1. The number of methoxy groups -OCH3 is 2. The Bertz CT molecular complexity index is 1340. The predicted octanol–water partition coefficient (Wildman–Crippen LogP) is 2.50. The largest absolute Gasteiger partial charge is 0.493 e. The Kier molecular flexibility index (Phi) is 7.66. The molecule has 0 saturated heterocycles. The molecule has 0 unspecified atom stereocenters. The number of aromatic amines is 1. The highest BCUT2D eigenvalue weighted by atomic mass is 19.1. The number of ether oxygens (including phenoxy) is 2. The van der Waals surface area contributed by atoms with E-state index in [0.717, 1.165) is 0 Å². The summed E-state index contributed by atoms with van der Waals surface area (Å²) in [6, 6.07) is 9.47. The fraction of sp³-hybridized carbons (Fsp3) is 0.208. The van der Waals surface area contributed by atoms with Crippen LogP contribution >= 0.6 is 0 Å². The lowest BCUT2D eigenvalue weighted by Crippen LogP contribution is -2.31. The van der Waals surface area contributed by atoms with E-state index in [1.807, 2.05) is 0 Å². The molecule has 36 heavy (non-hydrogen) atoms. The lowest BCUT2D eigenvalue weighted by molar-refractivity contribution is -0.124. The molecule has 11 nitrogen and oxygen atoms in total. The number of halogens is 1. The summed E-state index contributed by atoms with van der Waals surface area (Å²) in [5, 5.41) is 5.80. The van der Waals surface area contributed by atoms with E-state index in [9.17, 15) is 9.18 Å². The molecule has 1 amide bonds. The van der Waals surface area contributed by atoms with Crippen LogP contribution in [0.3, 0.4) is 0 Å². The van der Waals surface area contributed by atoms with Gasteiger partial charge >= 0.3 is 0 Å². The summed E-state index contributed by atoms with van der Waals surface area (Å²) >= 11 is 0. The zero-order valence-electron chi connectivity index (χ0n) is 19.7. The molecule has 0 aliphatic carbocycles. The standard InChI is InChI=1S/C24H25FN8O3/c1-35-13-19(34)27-9-10-29-24-28-8-7-17(31-24)21-20(15-11-18(36-2)22(26)30-12-15)32-23(33-21)14-3-5-16(25)6-4-14/h3-8,11-12H,9-10,13H2,1-2H3,(H2,26,30)(H,27,34)(H,32,33)(H,28,29,31). The number of hydrogen-bond donors (Lipinski definition) is 4. The minimum atomic E-state index is -0.344. The smallest absolute Gasteiger partial charge is 0.246 e. The van der Waals surface area contributed by atoms with Crippen molar-refractivity contribution in [2.24, 2.45) is 0 Å². The van der Waals surface area contributed by atoms with Crippen molar-refractivity contribution in [2.75, 3.05) is 45.0 Å². The summed E-state index contributed by atoms with van der Waals surface area (Å²) in [6.45, 7) is 0.779. The van der Waals surface area contributed by atoms with E-state index >= 15 is 0 Å². The number of imidazole rings is 1. The number of pyridine rings is 1. The van der Waals surface area contributed by atoms with E-state index in [4.69, 9.17) is 20.2 Å². The second-order valence-corrected chi connectivity index (χ2v) is 7.60. The number of nitrogens with zero attached hydrogens (tertiary/aromatic N) is 4. The summed E-state index contributed by atoms with van der Waals surface area (Å²) in [6.07, 6.45) is 3.20. The molecule has 4 aromatic rings. The van der Waals surface area contributed by atoms with Gasteiger partial charge < -0.3 is 30.8 Å².